The van der Waals surface area contributed by atoms with E-state index in [4.69, 9.17) is 0 Å². The third kappa shape index (κ3) is 4.98. The molecule has 2 rings (SSSR count). The number of aryl methyl sites for hydroxylation is 2. The summed E-state index contributed by atoms with van der Waals surface area (Å²) in [4.78, 5) is 4.27. The standard InChI is InChI=1S/C18H26FN5S/c1-12-17(13(2)24(4)23-12)10-22-18(20-3)21-9-14-6-7-16(19)8-15(14)11-25-5/h6-8H,9-11H2,1-5H3,(H2,20,21,22). The van der Waals surface area contributed by atoms with Gasteiger partial charge in [-0.3, -0.25) is 9.67 Å². The summed E-state index contributed by atoms with van der Waals surface area (Å²) in [6.07, 6.45) is 2.02. The van der Waals surface area contributed by atoms with Crippen LogP contribution in [-0.2, 0) is 25.9 Å². The van der Waals surface area contributed by atoms with Gasteiger partial charge in [0.05, 0.1) is 5.69 Å². The van der Waals surface area contributed by atoms with E-state index in [0.29, 0.717) is 19.0 Å². The Morgan fingerprint density at radius 1 is 1.24 bits per heavy atom. The van der Waals surface area contributed by atoms with Gasteiger partial charge in [-0.05, 0) is 43.4 Å². The summed E-state index contributed by atoms with van der Waals surface area (Å²) in [6.45, 7) is 5.32. The first-order valence-corrected chi connectivity index (χ1v) is 9.55. The number of nitrogens with one attached hydrogen (secondary N) is 2. The molecule has 0 atom stereocenters. The molecule has 0 aliphatic rings. The molecule has 0 spiro atoms. The van der Waals surface area contributed by atoms with Crippen molar-refractivity contribution in [2.45, 2.75) is 32.7 Å². The molecule has 1 aromatic carbocycles. The second-order valence-corrected chi connectivity index (χ2v) is 6.76. The van der Waals surface area contributed by atoms with Gasteiger partial charge in [-0.2, -0.15) is 16.9 Å². The Kier molecular flexibility index (Phi) is 6.87. The topological polar surface area (TPSA) is 54.2 Å². The lowest BCUT2D eigenvalue weighted by molar-refractivity contribution is 0.625. The lowest BCUT2D eigenvalue weighted by Crippen LogP contribution is -2.36. The quantitative estimate of drug-likeness (QED) is 0.612. The molecule has 0 aliphatic heterocycles. The van der Waals surface area contributed by atoms with Crippen molar-refractivity contribution >= 4 is 17.7 Å². The van der Waals surface area contributed by atoms with Crippen molar-refractivity contribution in [3.63, 3.8) is 0 Å². The van der Waals surface area contributed by atoms with Crippen molar-refractivity contribution in [2.75, 3.05) is 13.3 Å². The van der Waals surface area contributed by atoms with Crippen molar-refractivity contribution in [3.05, 3.63) is 52.1 Å². The lowest BCUT2D eigenvalue weighted by Gasteiger charge is -2.14. The van der Waals surface area contributed by atoms with Crippen LogP contribution in [0.2, 0.25) is 0 Å². The molecule has 1 heterocycles. The molecular weight excluding hydrogens is 337 g/mol. The molecule has 5 nitrogen and oxygen atoms in total. The van der Waals surface area contributed by atoms with Gasteiger partial charge in [-0.25, -0.2) is 4.39 Å². The highest BCUT2D eigenvalue weighted by Gasteiger charge is 2.10. The van der Waals surface area contributed by atoms with Crippen LogP contribution in [0.25, 0.3) is 0 Å². The minimum atomic E-state index is -0.196. The van der Waals surface area contributed by atoms with Crippen LogP contribution in [0, 0.1) is 19.7 Å². The van der Waals surface area contributed by atoms with E-state index >= 15 is 0 Å². The number of aliphatic imine (C=N–C) groups is 1. The Hall–Kier alpha value is -2.02. The number of halogens is 1. The van der Waals surface area contributed by atoms with Crippen molar-refractivity contribution in [1.29, 1.82) is 0 Å². The van der Waals surface area contributed by atoms with Crippen LogP contribution in [0.15, 0.2) is 23.2 Å². The molecule has 7 heteroatoms. The van der Waals surface area contributed by atoms with E-state index in [1.807, 2.05) is 31.0 Å². The average molecular weight is 364 g/mol. The second kappa shape index (κ2) is 8.89. The first kappa shape index (κ1) is 19.3. The highest BCUT2D eigenvalue weighted by molar-refractivity contribution is 7.97. The lowest BCUT2D eigenvalue weighted by atomic mass is 10.1. The van der Waals surface area contributed by atoms with Gasteiger partial charge in [-0.1, -0.05) is 6.07 Å². The summed E-state index contributed by atoms with van der Waals surface area (Å²) in [5, 5.41) is 11.0. The van der Waals surface area contributed by atoms with Crippen molar-refractivity contribution < 1.29 is 4.39 Å². The van der Waals surface area contributed by atoms with Crippen LogP contribution in [0.5, 0.6) is 0 Å². The second-order valence-electron chi connectivity index (χ2n) is 5.90. The van der Waals surface area contributed by atoms with Gasteiger partial charge >= 0.3 is 0 Å². The van der Waals surface area contributed by atoms with Crippen molar-refractivity contribution in [1.82, 2.24) is 20.4 Å². The van der Waals surface area contributed by atoms with E-state index in [2.05, 4.69) is 27.6 Å². The fourth-order valence-electron chi connectivity index (χ4n) is 2.70. The number of hydrogen-bond donors (Lipinski definition) is 2. The first-order chi connectivity index (χ1) is 12.0. The molecule has 2 N–H and O–H groups in total. The molecule has 136 valence electrons. The van der Waals surface area contributed by atoms with Crippen molar-refractivity contribution in [3.8, 4) is 0 Å². The van der Waals surface area contributed by atoms with Gasteiger partial charge in [0.2, 0.25) is 0 Å². The summed E-state index contributed by atoms with van der Waals surface area (Å²) < 4.78 is 15.3. The fourth-order valence-corrected chi connectivity index (χ4v) is 3.28. The predicted molar refractivity (Wildman–Crippen MR) is 103 cm³/mol. The average Bonchev–Trinajstić information content (AvgIpc) is 2.82. The molecule has 25 heavy (non-hydrogen) atoms. The molecule has 0 amide bonds. The predicted octanol–water partition coefficient (Wildman–Crippen LogP) is 2.90. The van der Waals surface area contributed by atoms with E-state index < -0.39 is 0 Å². The van der Waals surface area contributed by atoms with Gasteiger partial charge in [0, 0.05) is 44.2 Å². The molecule has 0 saturated carbocycles. The van der Waals surface area contributed by atoms with Gasteiger partial charge < -0.3 is 10.6 Å². The number of aromatic nitrogens is 2. The van der Waals surface area contributed by atoms with E-state index in [0.717, 1.165) is 28.3 Å². The normalized spacial score (nSPS) is 11.7. The number of guanidine groups is 1. The zero-order chi connectivity index (χ0) is 18.4. The largest absolute Gasteiger partial charge is 0.352 e. The van der Waals surface area contributed by atoms with Gasteiger partial charge in [0.1, 0.15) is 5.82 Å². The zero-order valence-electron chi connectivity index (χ0n) is 15.5. The maximum atomic E-state index is 13.4. The smallest absolute Gasteiger partial charge is 0.191 e. The molecule has 1 aromatic heterocycles. The third-order valence-corrected chi connectivity index (χ3v) is 4.83. The zero-order valence-corrected chi connectivity index (χ0v) is 16.3. The third-order valence-electron chi connectivity index (χ3n) is 4.23. The van der Waals surface area contributed by atoms with E-state index in [1.165, 1.54) is 11.6 Å². The Balaban J connectivity index is 1.99. The summed E-state index contributed by atoms with van der Waals surface area (Å²) in [7, 11) is 3.69. The minimum absolute atomic E-state index is 0.196. The van der Waals surface area contributed by atoms with Crippen LogP contribution in [-0.4, -0.2) is 29.0 Å². The Morgan fingerprint density at radius 3 is 2.56 bits per heavy atom. The highest BCUT2D eigenvalue weighted by atomic mass is 32.2. The molecule has 0 bridgehead atoms. The number of benzene rings is 1. The van der Waals surface area contributed by atoms with E-state index in [9.17, 15) is 4.39 Å². The molecular formula is C18H26FN5S. The summed E-state index contributed by atoms with van der Waals surface area (Å²) >= 11 is 1.68. The molecule has 0 radical (unpaired) electrons. The fraction of sp³-hybridized carbons (Fsp3) is 0.444. The van der Waals surface area contributed by atoms with Crippen LogP contribution in [0.3, 0.4) is 0 Å². The van der Waals surface area contributed by atoms with Crippen LogP contribution in [0.1, 0.15) is 28.1 Å². The van der Waals surface area contributed by atoms with Gasteiger partial charge in [0.15, 0.2) is 5.96 Å². The van der Waals surface area contributed by atoms with Crippen LogP contribution >= 0.6 is 11.8 Å². The monoisotopic (exact) mass is 363 g/mol. The van der Waals surface area contributed by atoms with Gasteiger partial charge in [-0.15, -0.1) is 0 Å². The van der Waals surface area contributed by atoms with E-state index in [1.54, 1.807) is 24.9 Å². The van der Waals surface area contributed by atoms with Crippen molar-refractivity contribution in [2.24, 2.45) is 12.0 Å². The number of hydrogen-bond acceptors (Lipinski definition) is 3. The Bertz CT molecular complexity index is 754. The number of rotatable bonds is 6. The van der Waals surface area contributed by atoms with Crippen LogP contribution < -0.4 is 10.6 Å². The number of thioether (sulfide) groups is 1. The van der Waals surface area contributed by atoms with Gasteiger partial charge in [0.25, 0.3) is 0 Å². The maximum Gasteiger partial charge on any atom is 0.191 e. The molecule has 0 saturated heterocycles. The Labute approximate surface area is 153 Å². The summed E-state index contributed by atoms with van der Waals surface area (Å²) in [5.41, 5.74) is 5.42. The summed E-state index contributed by atoms with van der Waals surface area (Å²) in [5.74, 6) is 1.30. The summed E-state index contributed by atoms with van der Waals surface area (Å²) in [6, 6.07) is 4.93. The van der Waals surface area contributed by atoms with Crippen LogP contribution in [0.4, 0.5) is 4.39 Å². The highest BCUT2D eigenvalue weighted by Crippen LogP contribution is 2.16. The molecule has 2 aromatic rings. The SMILES string of the molecule is CN=C(NCc1ccc(F)cc1CSC)NCc1c(C)nn(C)c1C. The maximum absolute atomic E-state index is 13.4. The number of nitrogens with zero attached hydrogens (tertiary/aromatic N) is 3. The minimum Gasteiger partial charge on any atom is -0.352 e. The van der Waals surface area contributed by atoms with E-state index in [-0.39, 0.29) is 5.82 Å². The molecule has 0 unspecified atom stereocenters. The Morgan fingerprint density at radius 2 is 1.96 bits per heavy atom. The molecule has 0 fully saturated rings. The first-order valence-electron chi connectivity index (χ1n) is 8.16. The molecule has 0 aliphatic carbocycles.